The van der Waals surface area contributed by atoms with Crippen molar-refractivity contribution in [2.24, 2.45) is 5.10 Å². The van der Waals surface area contributed by atoms with Gasteiger partial charge in [0.1, 0.15) is 0 Å². The standard InChI is InChI=1S/C19H20BrN3O4/c1-3-21-18(24)12-27-16-9-8-13(10-17(16)26-2)11-22-23-19(25)14-6-4-5-7-15(14)20/h4-11H,3,12H2,1-2H3,(H,21,24)(H,23,25)/b22-11+. The van der Waals surface area contributed by atoms with Gasteiger partial charge in [-0.2, -0.15) is 5.10 Å². The molecule has 0 atom stereocenters. The molecule has 2 aromatic rings. The number of hydrogen-bond donors (Lipinski definition) is 2. The smallest absolute Gasteiger partial charge is 0.272 e. The number of amides is 2. The fourth-order valence-electron chi connectivity index (χ4n) is 2.15. The third-order valence-corrected chi connectivity index (χ3v) is 4.11. The van der Waals surface area contributed by atoms with Crippen LogP contribution in [0.4, 0.5) is 0 Å². The molecule has 0 heterocycles. The fraction of sp³-hybridized carbons (Fsp3) is 0.211. The highest BCUT2D eigenvalue weighted by molar-refractivity contribution is 9.10. The number of carbonyl (C=O) groups excluding carboxylic acids is 2. The van der Waals surface area contributed by atoms with E-state index in [1.807, 2.05) is 13.0 Å². The summed E-state index contributed by atoms with van der Waals surface area (Å²) >= 11 is 3.32. The first-order valence-electron chi connectivity index (χ1n) is 8.20. The zero-order chi connectivity index (χ0) is 19.6. The van der Waals surface area contributed by atoms with E-state index in [0.717, 1.165) is 0 Å². The molecule has 142 valence electrons. The van der Waals surface area contributed by atoms with E-state index in [1.54, 1.807) is 36.4 Å². The molecule has 27 heavy (non-hydrogen) atoms. The molecular formula is C19H20BrN3O4. The molecule has 2 aromatic carbocycles. The lowest BCUT2D eigenvalue weighted by Crippen LogP contribution is -2.28. The first kappa shape index (κ1) is 20.4. The number of nitrogens with one attached hydrogen (secondary N) is 2. The summed E-state index contributed by atoms with van der Waals surface area (Å²) in [7, 11) is 1.50. The first-order chi connectivity index (χ1) is 13.0. The van der Waals surface area contributed by atoms with Crippen LogP contribution in [0.3, 0.4) is 0 Å². The van der Waals surface area contributed by atoms with Crippen LogP contribution in [-0.4, -0.2) is 38.3 Å². The van der Waals surface area contributed by atoms with E-state index in [9.17, 15) is 9.59 Å². The molecule has 2 rings (SSSR count). The number of likely N-dealkylation sites (N-methyl/N-ethyl adjacent to an activating group) is 1. The Balaban J connectivity index is 2.00. The average Bonchev–Trinajstić information content (AvgIpc) is 2.67. The second kappa shape index (κ2) is 10.3. The third-order valence-electron chi connectivity index (χ3n) is 3.42. The summed E-state index contributed by atoms with van der Waals surface area (Å²) < 4.78 is 11.4. The second-order valence-electron chi connectivity index (χ2n) is 5.33. The molecule has 0 saturated heterocycles. The molecule has 8 heteroatoms. The number of hydrogen-bond acceptors (Lipinski definition) is 5. The van der Waals surface area contributed by atoms with Gasteiger partial charge in [0.25, 0.3) is 11.8 Å². The van der Waals surface area contributed by atoms with Crippen LogP contribution in [0.1, 0.15) is 22.8 Å². The summed E-state index contributed by atoms with van der Waals surface area (Å²) in [5.74, 6) is 0.367. The maximum atomic E-state index is 12.1. The lowest BCUT2D eigenvalue weighted by atomic mass is 10.2. The molecule has 0 spiro atoms. The van der Waals surface area contributed by atoms with Crippen LogP contribution in [0.25, 0.3) is 0 Å². The van der Waals surface area contributed by atoms with Crippen LogP contribution >= 0.6 is 15.9 Å². The zero-order valence-corrected chi connectivity index (χ0v) is 16.6. The van der Waals surface area contributed by atoms with Gasteiger partial charge in [-0.1, -0.05) is 12.1 Å². The Kier molecular flexibility index (Phi) is 7.81. The van der Waals surface area contributed by atoms with Crippen LogP contribution in [-0.2, 0) is 4.79 Å². The Morgan fingerprint density at radius 1 is 1.19 bits per heavy atom. The lowest BCUT2D eigenvalue weighted by molar-refractivity contribution is -0.123. The minimum Gasteiger partial charge on any atom is -0.493 e. The Morgan fingerprint density at radius 2 is 1.96 bits per heavy atom. The van der Waals surface area contributed by atoms with Crippen molar-refractivity contribution in [1.82, 2.24) is 10.7 Å². The minimum atomic E-state index is -0.326. The largest absolute Gasteiger partial charge is 0.493 e. The predicted molar refractivity (Wildman–Crippen MR) is 106 cm³/mol. The highest BCUT2D eigenvalue weighted by Crippen LogP contribution is 2.27. The van der Waals surface area contributed by atoms with Crippen LogP contribution in [0, 0.1) is 0 Å². The Labute approximate surface area is 165 Å². The van der Waals surface area contributed by atoms with Crippen molar-refractivity contribution in [1.29, 1.82) is 0 Å². The van der Waals surface area contributed by atoms with Gasteiger partial charge >= 0.3 is 0 Å². The zero-order valence-electron chi connectivity index (χ0n) is 15.0. The number of methoxy groups -OCH3 is 1. The summed E-state index contributed by atoms with van der Waals surface area (Å²) in [5.41, 5.74) is 3.66. The molecule has 0 saturated carbocycles. The highest BCUT2D eigenvalue weighted by Gasteiger charge is 2.09. The molecule has 0 aliphatic heterocycles. The molecule has 2 N–H and O–H groups in total. The molecule has 0 aliphatic carbocycles. The quantitative estimate of drug-likeness (QED) is 0.494. The van der Waals surface area contributed by atoms with Crippen molar-refractivity contribution in [3.63, 3.8) is 0 Å². The van der Waals surface area contributed by atoms with E-state index in [0.29, 0.717) is 33.6 Å². The average molecular weight is 434 g/mol. The molecule has 0 aromatic heterocycles. The van der Waals surface area contributed by atoms with Crippen LogP contribution in [0.5, 0.6) is 11.5 Å². The van der Waals surface area contributed by atoms with E-state index in [4.69, 9.17) is 9.47 Å². The molecule has 0 bridgehead atoms. The molecule has 7 nitrogen and oxygen atoms in total. The number of rotatable bonds is 8. The van der Waals surface area contributed by atoms with Crippen molar-refractivity contribution in [2.45, 2.75) is 6.92 Å². The van der Waals surface area contributed by atoms with Gasteiger partial charge in [0, 0.05) is 11.0 Å². The molecule has 0 unspecified atom stereocenters. The number of halogens is 1. The molecule has 0 aliphatic rings. The maximum absolute atomic E-state index is 12.1. The highest BCUT2D eigenvalue weighted by atomic mass is 79.9. The summed E-state index contributed by atoms with van der Waals surface area (Å²) in [6.45, 7) is 2.28. The van der Waals surface area contributed by atoms with Gasteiger partial charge in [-0.25, -0.2) is 5.43 Å². The molecule has 2 amide bonds. The number of benzene rings is 2. The van der Waals surface area contributed by atoms with Gasteiger partial charge in [-0.05, 0) is 58.7 Å². The van der Waals surface area contributed by atoms with Crippen molar-refractivity contribution < 1.29 is 19.1 Å². The number of nitrogens with zero attached hydrogens (tertiary/aromatic N) is 1. The Morgan fingerprint density at radius 3 is 2.67 bits per heavy atom. The van der Waals surface area contributed by atoms with Gasteiger partial charge in [0.15, 0.2) is 18.1 Å². The monoisotopic (exact) mass is 433 g/mol. The Bertz CT molecular complexity index is 839. The van der Waals surface area contributed by atoms with Crippen LogP contribution in [0.2, 0.25) is 0 Å². The van der Waals surface area contributed by atoms with Crippen molar-refractivity contribution in [3.8, 4) is 11.5 Å². The number of carbonyl (C=O) groups is 2. The van der Waals surface area contributed by atoms with Gasteiger partial charge < -0.3 is 14.8 Å². The van der Waals surface area contributed by atoms with Crippen molar-refractivity contribution in [3.05, 3.63) is 58.1 Å². The Hall–Kier alpha value is -2.87. The molecular weight excluding hydrogens is 414 g/mol. The number of ether oxygens (including phenoxy) is 2. The SMILES string of the molecule is CCNC(=O)COc1ccc(/C=N/NC(=O)c2ccccc2Br)cc1OC. The lowest BCUT2D eigenvalue weighted by Gasteiger charge is -2.11. The summed E-state index contributed by atoms with van der Waals surface area (Å²) in [5, 5.41) is 6.61. The van der Waals surface area contributed by atoms with Crippen LogP contribution in [0.15, 0.2) is 52.0 Å². The van der Waals surface area contributed by atoms with Gasteiger partial charge in [0.05, 0.1) is 18.9 Å². The third kappa shape index (κ3) is 6.10. The van der Waals surface area contributed by atoms with E-state index in [1.165, 1.54) is 13.3 Å². The van der Waals surface area contributed by atoms with Crippen molar-refractivity contribution >= 4 is 34.0 Å². The summed E-state index contributed by atoms with van der Waals surface area (Å²) in [6, 6.07) is 12.2. The number of hydrazone groups is 1. The van der Waals surface area contributed by atoms with E-state index in [-0.39, 0.29) is 18.4 Å². The normalized spacial score (nSPS) is 10.5. The summed E-state index contributed by atoms with van der Waals surface area (Å²) in [6.07, 6.45) is 1.49. The van der Waals surface area contributed by atoms with Gasteiger partial charge in [0.2, 0.25) is 0 Å². The summed E-state index contributed by atoms with van der Waals surface area (Å²) in [4.78, 5) is 23.6. The second-order valence-corrected chi connectivity index (χ2v) is 6.19. The first-order valence-corrected chi connectivity index (χ1v) is 9.00. The van der Waals surface area contributed by atoms with Gasteiger partial charge in [-0.15, -0.1) is 0 Å². The predicted octanol–water partition coefficient (Wildman–Crippen LogP) is 2.74. The van der Waals surface area contributed by atoms with Crippen LogP contribution < -0.4 is 20.2 Å². The minimum absolute atomic E-state index is 0.0976. The van der Waals surface area contributed by atoms with E-state index < -0.39 is 0 Å². The van der Waals surface area contributed by atoms with E-state index in [2.05, 4.69) is 31.8 Å². The molecule has 0 fully saturated rings. The van der Waals surface area contributed by atoms with Gasteiger partial charge in [-0.3, -0.25) is 9.59 Å². The fourth-order valence-corrected chi connectivity index (χ4v) is 2.61. The van der Waals surface area contributed by atoms with Crippen molar-refractivity contribution in [2.75, 3.05) is 20.3 Å². The topological polar surface area (TPSA) is 89.0 Å². The molecule has 0 radical (unpaired) electrons. The van der Waals surface area contributed by atoms with E-state index >= 15 is 0 Å². The maximum Gasteiger partial charge on any atom is 0.272 e.